The number of ether oxygens (including phenoxy) is 2. The predicted octanol–water partition coefficient (Wildman–Crippen LogP) is 6.01. The van der Waals surface area contributed by atoms with Crippen LogP contribution in [0.1, 0.15) is 98.1 Å². The van der Waals surface area contributed by atoms with Crippen molar-refractivity contribution in [3.63, 3.8) is 0 Å². The maximum atomic E-state index is 13.7. The van der Waals surface area contributed by atoms with Crippen molar-refractivity contribution < 1.29 is 33.8 Å². The molecule has 1 aromatic heterocycles. The van der Waals surface area contributed by atoms with Gasteiger partial charge in [-0.3, -0.25) is 19.4 Å². The molecule has 2 atom stereocenters. The highest BCUT2D eigenvalue weighted by Crippen LogP contribution is 2.28. The molecule has 11 nitrogen and oxygen atoms in total. The van der Waals surface area contributed by atoms with Crippen LogP contribution >= 0.6 is 0 Å². The summed E-state index contributed by atoms with van der Waals surface area (Å²) in [4.78, 5) is 60.2. The average Bonchev–Trinajstić information content (AvgIpc) is 3.02. The summed E-state index contributed by atoms with van der Waals surface area (Å²) in [5.41, 5.74) is 1.05. The number of phenolic OH excluding ortho intramolecular Hbond substituents is 1. The van der Waals surface area contributed by atoms with Gasteiger partial charge in [-0.05, 0) is 109 Å². The molecule has 2 aliphatic heterocycles. The van der Waals surface area contributed by atoms with Gasteiger partial charge in [0.15, 0.2) is 0 Å². The molecule has 2 saturated heterocycles. The molecule has 2 aromatic rings. The number of phenols is 1. The van der Waals surface area contributed by atoms with Crippen LogP contribution in [0.3, 0.4) is 0 Å². The number of nitrogens with zero attached hydrogens (tertiary/aromatic N) is 3. The summed E-state index contributed by atoms with van der Waals surface area (Å²) < 4.78 is 11.1. The molecule has 262 valence electrons. The number of esters is 1. The van der Waals surface area contributed by atoms with E-state index < -0.39 is 29.1 Å². The Hall–Kier alpha value is -4.15. The van der Waals surface area contributed by atoms with Crippen LogP contribution in [-0.4, -0.2) is 81.1 Å². The van der Waals surface area contributed by atoms with Gasteiger partial charge in [-0.15, -0.1) is 0 Å². The fourth-order valence-corrected chi connectivity index (χ4v) is 6.19. The fourth-order valence-electron chi connectivity index (χ4n) is 6.19. The Bertz CT molecular complexity index is 1420. The zero-order valence-electron chi connectivity index (χ0n) is 29.3. The minimum Gasteiger partial charge on any atom is -0.508 e. The van der Waals surface area contributed by atoms with Crippen molar-refractivity contribution in [1.82, 2.24) is 20.1 Å². The molecule has 2 fully saturated rings. The van der Waals surface area contributed by atoms with Gasteiger partial charge in [0.25, 0.3) is 0 Å². The number of carbonyl (C=O) groups excluding carboxylic acids is 4. The van der Waals surface area contributed by atoms with Crippen LogP contribution in [0.25, 0.3) is 11.1 Å². The van der Waals surface area contributed by atoms with E-state index in [-0.39, 0.29) is 30.1 Å². The zero-order chi connectivity index (χ0) is 35.1. The predicted molar refractivity (Wildman–Crippen MR) is 182 cm³/mol. The second-order valence-corrected chi connectivity index (χ2v) is 15.0. The van der Waals surface area contributed by atoms with Gasteiger partial charge >= 0.3 is 12.1 Å². The number of aromatic nitrogens is 1. The zero-order valence-corrected chi connectivity index (χ0v) is 29.3. The molecule has 4 rings (SSSR count). The minimum absolute atomic E-state index is 0.0400. The van der Waals surface area contributed by atoms with Gasteiger partial charge in [-0.25, -0.2) is 4.79 Å². The molecule has 3 heterocycles. The van der Waals surface area contributed by atoms with Gasteiger partial charge in [-0.2, -0.15) is 0 Å². The fraction of sp³-hybridized carbons (Fsp3) is 0.595. The van der Waals surface area contributed by atoms with Crippen LogP contribution in [0.4, 0.5) is 4.79 Å². The number of likely N-dealkylation sites (tertiary alicyclic amines) is 2. The summed E-state index contributed by atoms with van der Waals surface area (Å²) in [7, 11) is 0. The Labute approximate surface area is 284 Å². The lowest BCUT2D eigenvalue weighted by molar-refractivity contribution is -0.155. The van der Waals surface area contributed by atoms with E-state index in [4.69, 9.17) is 9.47 Å². The Morgan fingerprint density at radius 1 is 0.896 bits per heavy atom. The van der Waals surface area contributed by atoms with Crippen LogP contribution in [-0.2, 0) is 23.9 Å². The Kier molecular flexibility index (Phi) is 12.1. The number of carbonyl (C=O) groups is 4. The first kappa shape index (κ1) is 36.7. The Morgan fingerprint density at radius 3 is 2.21 bits per heavy atom. The lowest BCUT2D eigenvalue weighted by atomic mass is 9.91. The molecule has 3 amide bonds. The van der Waals surface area contributed by atoms with Crippen molar-refractivity contribution in [2.75, 3.05) is 26.2 Å². The largest absolute Gasteiger partial charge is 0.508 e. The molecule has 0 saturated carbocycles. The molecular formula is C37H52N4O7. The van der Waals surface area contributed by atoms with E-state index in [2.05, 4.69) is 10.3 Å². The first-order valence-corrected chi connectivity index (χ1v) is 17.1. The molecule has 1 aromatic carbocycles. The summed E-state index contributed by atoms with van der Waals surface area (Å²) in [6.45, 7) is 13.1. The average molecular weight is 665 g/mol. The maximum Gasteiger partial charge on any atom is 0.410 e. The van der Waals surface area contributed by atoms with Crippen molar-refractivity contribution in [3.8, 4) is 16.9 Å². The monoisotopic (exact) mass is 664 g/mol. The van der Waals surface area contributed by atoms with Crippen LogP contribution in [0.2, 0.25) is 0 Å². The number of amides is 3. The molecule has 0 aliphatic carbocycles. The molecule has 11 heteroatoms. The normalized spacial score (nSPS) is 18.2. The standard InChI is InChI=1S/C37H52N4O7/c1-36(2,3)47-33(44)21-31(29-20-28(22-38-23-29)26-10-12-30(42)13-11-26)39-34(45)27-8-7-17-41(24-27)32(43)14-9-25-15-18-40(19-16-25)35(46)48-37(4,5)6/h10-13,20,22-23,25,27,31,42H,7-9,14-19,21,24H2,1-6H3,(H,39,45)/t27-,31?/m1/s1. The third kappa shape index (κ3) is 11.2. The lowest BCUT2D eigenvalue weighted by Gasteiger charge is -2.35. The third-order valence-electron chi connectivity index (χ3n) is 8.65. The highest BCUT2D eigenvalue weighted by Gasteiger charge is 2.32. The molecule has 0 radical (unpaired) electrons. The first-order chi connectivity index (χ1) is 22.6. The van der Waals surface area contributed by atoms with E-state index in [1.54, 1.807) is 67.2 Å². The molecule has 1 unspecified atom stereocenters. The van der Waals surface area contributed by atoms with Crippen LogP contribution in [0, 0.1) is 11.8 Å². The number of rotatable bonds is 9. The molecule has 2 N–H and O–H groups in total. The molecular weight excluding hydrogens is 612 g/mol. The number of benzene rings is 1. The van der Waals surface area contributed by atoms with E-state index in [1.165, 1.54) is 0 Å². The Morgan fingerprint density at radius 2 is 1.56 bits per heavy atom. The Balaban J connectivity index is 1.35. The van der Waals surface area contributed by atoms with Gasteiger partial charge in [0.2, 0.25) is 11.8 Å². The molecule has 0 spiro atoms. The number of hydrogen-bond donors (Lipinski definition) is 2. The van der Waals surface area contributed by atoms with E-state index in [0.717, 1.165) is 30.4 Å². The van der Waals surface area contributed by atoms with Crippen molar-refractivity contribution in [2.24, 2.45) is 11.8 Å². The SMILES string of the molecule is CC(C)(C)OC(=O)CC(NC(=O)[C@@H]1CCCN(C(=O)CCC2CCN(C(=O)OC(C)(C)C)CC2)C1)c1cncc(-c2ccc(O)cc2)c1. The van der Waals surface area contributed by atoms with Gasteiger partial charge < -0.3 is 29.7 Å². The molecule has 0 bridgehead atoms. The van der Waals surface area contributed by atoms with E-state index in [9.17, 15) is 24.3 Å². The number of pyridine rings is 1. The lowest BCUT2D eigenvalue weighted by Crippen LogP contribution is -2.46. The topological polar surface area (TPSA) is 138 Å². The van der Waals surface area contributed by atoms with Crippen molar-refractivity contribution in [3.05, 3.63) is 48.3 Å². The molecule has 2 aliphatic rings. The maximum absolute atomic E-state index is 13.7. The van der Waals surface area contributed by atoms with Gasteiger partial charge in [0.05, 0.1) is 18.4 Å². The summed E-state index contributed by atoms with van der Waals surface area (Å²) in [5.74, 6) is -0.521. The summed E-state index contributed by atoms with van der Waals surface area (Å²) in [6, 6.07) is 7.93. The quantitative estimate of drug-likeness (QED) is 0.311. The second-order valence-electron chi connectivity index (χ2n) is 15.0. The summed E-state index contributed by atoms with van der Waals surface area (Å²) in [6.07, 6.45) is 7.13. The minimum atomic E-state index is -0.686. The second kappa shape index (κ2) is 15.8. The number of piperidine rings is 2. The third-order valence-corrected chi connectivity index (χ3v) is 8.65. The number of nitrogens with one attached hydrogen (secondary N) is 1. The summed E-state index contributed by atoms with van der Waals surface area (Å²) >= 11 is 0. The van der Waals surface area contributed by atoms with Gasteiger partial charge in [-0.1, -0.05) is 12.1 Å². The van der Waals surface area contributed by atoms with E-state index in [1.807, 2.05) is 26.8 Å². The van der Waals surface area contributed by atoms with E-state index >= 15 is 0 Å². The first-order valence-electron chi connectivity index (χ1n) is 17.1. The van der Waals surface area contributed by atoms with Gasteiger partial charge in [0, 0.05) is 50.6 Å². The highest BCUT2D eigenvalue weighted by atomic mass is 16.6. The number of aromatic hydroxyl groups is 1. The van der Waals surface area contributed by atoms with Crippen molar-refractivity contribution in [1.29, 1.82) is 0 Å². The van der Waals surface area contributed by atoms with Crippen LogP contribution in [0.15, 0.2) is 42.7 Å². The number of hydrogen-bond acceptors (Lipinski definition) is 8. The van der Waals surface area contributed by atoms with Crippen molar-refractivity contribution >= 4 is 23.9 Å². The highest BCUT2D eigenvalue weighted by molar-refractivity contribution is 5.82. The smallest absolute Gasteiger partial charge is 0.410 e. The van der Waals surface area contributed by atoms with E-state index in [0.29, 0.717) is 56.9 Å². The van der Waals surface area contributed by atoms with Gasteiger partial charge in [0.1, 0.15) is 17.0 Å². The molecule has 48 heavy (non-hydrogen) atoms. The summed E-state index contributed by atoms with van der Waals surface area (Å²) in [5, 5.41) is 12.8. The van der Waals surface area contributed by atoms with Crippen LogP contribution < -0.4 is 5.32 Å². The van der Waals surface area contributed by atoms with Crippen molar-refractivity contribution in [2.45, 2.75) is 104 Å². The van der Waals surface area contributed by atoms with Crippen LogP contribution in [0.5, 0.6) is 5.75 Å².